The fourth-order valence-electron chi connectivity index (χ4n) is 1.90. The Kier molecular flexibility index (Phi) is 3.71. The highest BCUT2D eigenvalue weighted by molar-refractivity contribution is 6.32. The molecule has 5 heteroatoms. The number of carbonyl (C=O) groups is 2. The van der Waals surface area contributed by atoms with E-state index in [1.54, 1.807) is 30.3 Å². The minimum atomic E-state index is -0.797. The highest BCUT2D eigenvalue weighted by Crippen LogP contribution is 2.29. The molecular weight excluding hydrogens is 266 g/mol. The first-order valence-corrected chi connectivity index (χ1v) is 5.96. The fraction of sp³-hybridized carbons (Fsp3) is 0.143. The summed E-state index contributed by atoms with van der Waals surface area (Å²) in [6, 6.07) is 7.06. The zero-order chi connectivity index (χ0) is 14.0. The number of esters is 1. The largest absolute Gasteiger partial charge is 0.468 e. The lowest BCUT2D eigenvalue weighted by molar-refractivity contribution is -0.142. The van der Waals surface area contributed by atoms with Gasteiger partial charge in [0.05, 0.1) is 7.11 Å². The molecule has 1 fully saturated rings. The van der Waals surface area contributed by atoms with Crippen LogP contribution >= 0.6 is 11.6 Å². The highest BCUT2D eigenvalue weighted by atomic mass is 35.5. The van der Waals surface area contributed by atoms with Crippen molar-refractivity contribution in [3.05, 3.63) is 52.7 Å². The van der Waals surface area contributed by atoms with Crippen LogP contribution in [0.1, 0.15) is 5.56 Å². The first-order valence-electron chi connectivity index (χ1n) is 5.58. The van der Waals surface area contributed by atoms with Gasteiger partial charge in [0.25, 0.3) is 5.91 Å². The Hall–Kier alpha value is -2.07. The first kappa shape index (κ1) is 13.4. The normalized spacial score (nSPS) is 20.5. The maximum Gasteiger partial charge on any atom is 0.319 e. The number of nitrogens with one attached hydrogen (secondary N) is 1. The van der Waals surface area contributed by atoms with Crippen molar-refractivity contribution in [3.8, 4) is 0 Å². The molecule has 19 heavy (non-hydrogen) atoms. The van der Waals surface area contributed by atoms with Gasteiger partial charge in [-0.25, -0.2) is 0 Å². The molecular formula is C14H12ClNO3. The summed E-state index contributed by atoms with van der Waals surface area (Å²) >= 11 is 6.03. The van der Waals surface area contributed by atoms with Crippen molar-refractivity contribution in [2.45, 2.75) is 0 Å². The predicted molar refractivity (Wildman–Crippen MR) is 72.2 cm³/mol. The quantitative estimate of drug-likeness (QED) is 0.666. The Morgan fingerprint density at radius 3 is 2.79 bits per heavy atom. The van der Waals surface area contributed by atoms with E-state index in [0.29, 0.717) is 16.3 Å². The van der Waals surface area contributed by atoms with Crippen LogP contribution in [0.5, 0.6) is 0 Å². The number of methoxy groups -OCH3 is 1. The van der Waals surface area contributed by atoms with E-state index < -0.39 is 11.9 Å². The van der Waals surface area contributed by atoms with Crippen LogP contribution in [-0.2, 0) is 14.3 Å². The van der Waals surface area contributed by atoms with E-state index in [9.17, 15) is 9.59 Å². The molecule has 1 aromatic carbocycles. The van der Waals surface area contributed by atoms with Gasteiger partial charge in [-0.15, -0.1) is 0 Å². The number of carbonyl (C=O) groups excluding carboxylic acids is 2. The van der Waals surface area contributed by atoms with E-state index in [1.165, 1.54) is 7.11 Å². The summed E-state index contributed by atoms with van der Waals surface area (Å²) in [6.07, 6.45) is 1.58. The molecule has 1 N–H and O–H groups in total. The first-order chi connectivity index (χ1) is 9.04. The van der Waals surface area contributed by atoms with E-state index in [0.717, 1.165) is 0 Å². The third-order valence-corrected chi connectivity index (χ3v) is 3.19. The van der Waals surface area contributed by atoms with Crippen molar-refractivity contribution in [2.24, 2.45) is 5.92 Å². The highest BCUT2D eigenvalue weighted by Gasteiger charge is 2.38. The molecule has 1 heterocycles. The molecule has 0 radical (unpaired) electrons. The topological polar surface area (TPSA) is 55.4 Å². The molecule has 0 saturated carbocycles. The summed E-state index contributed by atoms with van der Waals surface area (Å²) in [7, 11) is 1.27. The second-order valence-electron chi connectivity index (χ2n) is 4.06. The lowest BCUT2D eigenvalue weighted by Gasteiger charge is -2.08. The fourth-order valence-corrected chi connectivity index (χ4v) is 2.09. The number of benzene rings is 1. The molecule has 2 rings (SSSR count). The number of hydrogen-bond donors (Lipinski definition) is 1. The molecule has 0 unspecified atom stereocenters. The number of hydrogen-bond acceptors (Lipinski definition) is 3. The summed E-state index contributed by atoms with van der Waals surface area (Å²) in [5, 5.41) is 3.03. The van der Waals surface area contributed by atoms with Gasteiger partial charge in [-0.05, 0) is 17.7 Å². The number of amides is 1. The van der Waals surface area contributed by atoms with E-state index in [2.05, 4.69) is 16.6 Å². The Labute approximate surface area is 115 Å². The summed E-state index contributed by atoms with van der Waals surface area (Å²) in [4.78, 5) is 23.5. The molecule has 1 aromatic rings. The average molecular weight is 278 g/mol. The number of halogens is 1. The van der Waals surface area contributed by atoms with Crippen molar-refractivity contribution >= 4 is 29.6 Å². The van der Waals surface area contributed by atoms with Crippen molar-refractivity contribution in [2.75, 3.05) is 7.11 Å². The van der Waals surface area contributed by atoms with Gasteiger partial charge in [0.1, 0.15) is 5.92 Å². The second kappa shape index (κ2) is 5.28. The van der Waals surface area contributed by atoms with Gasteiger partial charge in [0.15, 0.2) is 0 Å². The van der Waals surface area contributed by atoms with E-state index in [-0.39, 0.29) is 11.5 Å². The zero-order valence-electron chi connectivity index (χ0n) is 10.3. The van der Waals surface area contributed by atoms with Gasteiger partial charge in [-0.3, -0.25) is 9.59 Å². The monoisotopic (exact) mass is 277 g/mol. The molecule has 98 valence electrons. The molecule has 0 bridgehead atoms. The number of rotatable bonds is 2. The Balaban J connectivity index is 2.46. The molecule has 1 aliphatic heterocycles. The molecule has 0 aromatic heterocycles. The predicted octanol–water partition coefficient (Wildman–Crippen LogP) is 2.16. The van der Waals surface area contributed by atoms with Gasteiger partial charge in [-0.2, -0.15) is 0 Å². The molecule has 0 spiro atoms. The van der Waals surface area contributed by atoms with Crippen molar-refractivity contribution in [1.29, 1.82) is 0 Å². The van der Waals surface area contributed by atoms with Gasteiger partial charge in [0, 0.05) is 16.3 Å². The molecule has 1 amide bonds. The lowest BCUT2D eigenvalue weighted by atomic mass is 9.98. The Morgan fingerprint density at radius 2 is 2.16 bits per heavy atom. The standard InChI is InChI=1S/C14H12ClNO3/c1-8-12(14(18)19-2)10(13(17)16-8)7-9-5-3-4-6-11(9)15/h3-7,12H,1H2,2H3,(H,16,17)/b10-7+/t12-/m1/s1. The average Bonchev–Trinajstić information content (AvgIpc) is 2.66. The van der Waals surface area contributed by atoms with Gasteiger partial charge in [-0.1, -0.05) is 36.4 Å². The maximum absolute atomic E-state index is 11.8. The van der Waals surface area contributed by atoms with Crippen molar-refractivity contribution in [3.63, 3.8) is 0 Å². The van der Waals surface area contributed by atoms with E-state index in [4.69, 9.17) is 11.6 Å². The van der Waals surface area contributed by atoms with Crippen molar-refractivity contribution < 1.29 is 14.3 Å². The smallest absolute Gasteiger partial charge is 0.319 e. The van der Waals surface area contributed by atoms with E-state index >= 15 is 0 Å². The molecule has 1 atom stereocenters. The Bertz CT molecular complexity index is 592. The SMILES string of the molecule is C=C1NC(=O)/C(=C/c2ccccc2Cl)[C@@H]1C(=O)OC. The lowest BCUT2D eigenvalue weighted by Crippen LogP contribution is -2.17. The summed E-state index contributed by atoms with van der Waals surface area (Å²) < 4.78 is 4.69. The van der Waals surface area contributed by atoms with Crippen LogP contribution in [0.25, 0.3) is 6.08 Å². The zero-order valence-corrected chi connectivity index (χ0v) is 11.0. The molecule has 1 saturated heterocycles. The summed E-state index contributed by atoms with van der Waals surface area (Å²) in [5.41, 5.74) is 1.26. The van der Waals surface area contributed by atoms with Crippen LogP contribution in [0.4, 0.5) is 0 Å². The van der Waals surface area contributed by atoms with Gasteiger partial charge in [0.2, 0.25) is 0 Å². The molecule has 4 nitrogen and oxygen atoms in total. The third-order valence-electron chi connectivity index (χ3n) is 2.85. The maximum atomic E-state index is 11.8. The minimum Gasteiger partial charge on any atom is -0.468 e. The van der Waals surface area contributed by atoms with Gasteiger partial charge < -0.3 is 10.1 Å². The van der Waals surface area contributed by atoms with Crippen LogP contribution in [-0.4, -0.2) is 19.0 Å². The number of ether oxygens (including phenoxy) is 1. The van der Waals surface area contributed by atoms with Crippen LogP contribution in [0.15, 0.2) is 42.1 Å². The second-order valence-corrected chi connectivity index (χ2v) is 4.46. The third kappa shape index (κ3) is 2.53. The molecule has 1 aliphatic rings. The Morgan fingerprint density at radius 1 is 1.47 bits per heavy atom. The van der Waals surface area contributed by atoms with Crippen LogP contribution < -0.4 is 5.32 Å². The molecule has 0 aliphatic carbocycles. The van der Waals surface area contributed by atoms with Crippen LogP contribution in [0.2, 0.25) is 5.02 Å². The van der Waals surface area contributed by atoms with Crippen molar-refractivity contribution in [1.82, 2.24) is 5.32 Å². The van der Waals surface area contributed by atoms with Gasteiger partial charge >= 0.3 is 5.97 Å². The van der Waals surface area contributed by atoms with Crippen LogP contribution in [0.3, 0.4) is 0 Å². The minimum absolute atomic E-state index is 0.282. The summed E-state index contributed by atoms with van der Waals surface area (Å²) in [6.45, 7) is 3.66. The van der Waals surface area contributed by atoms with E-state index in [1.807, 2.05) is 0 Å². The van der Waals surface area contributed by atoms with Crippen LogP contribution in [0, 0.1) is 5.92 Å². The summed E-state index contributed by atoms with van der Waals surface area (Å²) in [5.74, 6) is -1.68.